The maximum Gasteiger partial charge on any atom is 0.223 e. The molecule has 1 aliphatic heterocycles. The van der Waals surface area contributed by atoms with Crippen molar-refractivity contribution in [2.45, 2.75) is 31.7 Å². The number of halogens is 1. The normalized spacial score (nSPS) is 16.2. The average Bonchev–Trinajstić information content (AvgIpc) is 3.42. The van der Waals surface area contributed by atoms with Gasteiger partial charge < -0.3 is 9.64 Å². The summed E-state index contributed by atoms with van der Waals surface area (Å²) >= 11 is 0. The number of likely N-dealkylation sites (tertiary alicyclic amines) is 1. The molecule has 0 saturated carbocycles. The number of rotatable bonds is 6. The van der Waals surface area contributed by atoms with E-state index in [0.29, 0.717) is 24.5 Å². The summed E-state index contributed by atoms with van der Waals surface area (Å²) in [5.74, 6) is 1.82. The summed E-state index contributed by atoms with van der Waals surface area (Å²) in [6.45, 7) is 0.721. The molecule has 0 aliphatic carbocycles. The SMILES string of the molecule is COc1ccc(CCC(=O)N2CCC[C@H]2c2nc(-c3ccc(F)cc3)n[nH]2)cc1. The van der Waals surface area contributed by atoms with Crippen LogP contribution in [0.15, 0.2) is 48.5 Å². The Hall–Kier alpha value is -3.22. The largest absolute Gasteiger partial charge is 0.497 e. The van der Waals surface area contributed by atoms with Crippen LogP contribution < -0.4 is 4.74 Å². The molecule has 2 heterocycles. The average molecular weight is 394 g/mol. The molecule has 1 N–H and O–H groups in total. The number of nitrogens with zero attached hydrogens (tertiary/aromatic N) is 3. The summed E-state index contributed by atoms with van der Waals surface area (Å²) in [6, 6.07) is 13.8. The number of aryl methyl sites for hydroxylation is 1. The first-order valence-electron chi connectivity index (χ1n) is 9.74. The number of carbonyl (C=O) groups excluding carboxylic acids is 1. The highest BCUT2D eigenvalue weighted by atomic mass is 19.1. The third kappa shape index (κ3) is 4.29. The van der Waals surface area contributed by atoms with Crippen molar-refractivity contribution >= 4 is 5.91 Å². The van der Waals surface area contributed by atoms with Gasteiger partial charge in [-0.1, -0.05) is 12.1 Å². The number of H-pyrrole nitrogens is 1. The summed E-state index contributed by atoms with van der Waals surface area (Å²) in [5, 5.41) is 7.23. The molecule has 0 unspecified atom stereocenters. The number of benzene rings is 2. The van der Waals surface area contributed by atoms with Crippen molar-refractivity contribution in [2.75, 3.05) is 13.7 Å². The molecule has 6 nitrogen and oxygen atoms in total. The number of methoxy groups -OCH3 is 1. The molecule has 0 radical (unpaired) electrons. The van der Waals surface area contributed by atoms with E-state index in [2.05, 4.69) is 15.2 Å². The Bertz CT molecular complexity index is 969. The molecule has 2 aromatic carbocycles. The lowest BCUT2D eigenvalue weighted by molar-refractivity contribution is -0.132. The molecule has 3 aromatic rings. The number of hydrogen-bond donors (Lipinski definition) is 1. The van der Waals surface area contributed by atoms with Gasteiger partial charge in [-0.25, -0.2) is 9.37 Å². The Kier molecular flexibility index (Phi) is 5.55. The van der Waals surface area contributed by atoms with Crippen LogP contribution in [-0.2, 0) is 11.2 Å². The first-order chi connectivity index (χ1) is 14.1. The Morgan fingerprint density at radius 3 is 2.69 bits per heavy atom. The summed E-state index contributed by atoms with van der Waals surface area (Å²) in [5.41, 5.74) is 1.84. The van der Waals surface area contributed by atoms with Gasteiger partial charge in [0.1, 0.15) is 17.4 Å². The highest BCUT2D eigenvalue weighted by molar-refractivity contribution is 5.77. The van der Waals surface area contributed by atoms with Crippen molar-refractivity contribution in [1.82, 2.24) is 20.1 Å². The lowest BCUT2D eigenvalue weighted by Gasteiger charge is -2.23. The van der Waals surface area contributed by atoms with Crippen LogP contribution in [0, 0.1) is 5.82 Å². The van der Waals surface area contributed by atoms with Crippen LogP contribution in [0.3, 0.4) is 0 Å². The third-order valence-electron chi connectivity index (χ3n) is 5.28. The first-order valence-corrected chi connectivity index (χ1v) is 9.74. The van der Waals surface area contributed by atoms with E-state index in [4.69, 9.17) is 4.74 Å². The van der Waals surface area contributed by atoms with Gasteiger partial charge in [0.15, 0.2) is 5.82 Å². The zero-order chi connectivity index (χ0) is 20.2. The monoisotopic (exact) mass is 394 g/mol. The molecular formula is C22H23FN4O2. The van der Waals surface area contributed by atoms with Crippen LogP contribution in [0.25, 0.3) is 11.4 Å². The van der Waals surface area contributed by atoms with Gasteiger partial charge in [0, 0.05) is 18.5 Å². The van der Waals surface area contributed by atoms with Crippen molar-refractivity contribution < 1.29 is 13.9 Å². The fourth-order valence-corrected chi connectivity index (χ4v) is 3.69. The van der Waals surface area contributed by atoms with E-state index in [-0.39, 0.29) is 17.8 Å². The first kappa shape index (κ1) is 19.1. The predicted molar refractivity (Wildman–Crippen MR) is 107 cm³/mol. The third-order valence-corrected chi connectivity index (χ3v) is 5.28. The van der Waals surface area contributed by atoms with Gasteiger partial charge in [-0.3, -0.25) is 9.89 Å². The minimum absolute atomic E-state index is 0.0972. The molecule has 1 aliphatic rings. The van der Waals surface area contributed by atoms with Gasteiger partial charge in [-0.15, -0.1) is 0 Å². The van der Waals surface area contributed by atoms with Gasteiger partial charge in [0.2, 0.25) is 5.91 Å². The van der Waals surface area contributed by atoms with Crippen LogP contribution in [0.5, 0.6) is 5.75 Å². The highest BCUT2D eigenvalue weighted by Crippen LogP contribution is 2.31. The fourth-order valence-electron chi connectivity index (χ4n) is 3.69. The maximum atomic E-state index is 13.1. The van der Waals surface area contributed by atoms with Crippen LogP contribution in [0.2, 0.25) is 0 Å². The number of hydrogen-bond acceptors (Lipinski definition) is 4. The molecule has 0 spiro atoms. The van der Waals surface area contributed by atoms with E-state index in [9.17, 15) is 9.18 Å². The number of aromatic nitrogens is 3. The molecule has 7 heteroatoms. The van der Waals surface area contributed by atoms with Gasteiger partial charge in [-0.2, -0.15) is 5.10 Å². The second-order valence-corrected chi connectivity index (χ2v) is 7.14. The molecule has 4 rings (SSSR count). The maximum absolute atomic E-state index is 13.1. The van der Waals surface area contributed by atoms with Crippen LogP contribution >= 0.6 is 0 Å². The molecule has 1 atom stereocenters. The molecule has 1 aromatic heterocycles. The fraction of sp³-hybridized carbons (Fsp3) is 0.318. The number of carbonyl (C=O) groups is 1. The van der Waals surface area contributed by atoms with Crippen LogP contribution in [0.1, 0.15) is 36.7 Å². The second kappa shape index (κ2) is 8.43. The summed E-state index contributed by atoms with van der Waals surface area (Å²) in [6.07, 6.45) is 2.92. The predicted octanol–water partition coefficient (Wildman–Crippen LogP) is 3.92. The molecule has 1 fully saturated rings. The zero-order valence-corrected chi connectivity index (χ0v) is 16.3. The minimum Gasteiger partial charge on any atom is -0.497 e. The minimum atomic E-state index is -0.297. The highest BCUT2D eigenvalue weighted by Gasteiger charge is 2.32. The van der Waals surface area contributed by atoms with Crippen molar-refractivity contribution in [3.05, 3.63) is 65.7 Å². The Morgan fingerprint density at radius 1 is 1.21 bits per heavy atom. The zero-order valence-electron chi connectivity index (χ0n) is 16.3. The molecule has 1 saturated heterocycles. The smallest absolute Gasteiger partial charge is 0.223 e. The van der Waals surface area contributed by atoms with Crippen LogP contribution in [0.4, 0.5) is 4.39 Å². The van der Waals surface area contributed by atoms with E-state index in [1.807, 2.05) is 29.2 Å². The van der Waals surface area contributed by atoms with Gasteiger partial charge in [0.05, 0.1) is 13.2 Å². The van der Waals surface area contributed by atoms with E-state index in [1.165, 1.54) is 12.1 Å². The Morgan fingerprint density at radius 2 is 1.97 bits per heavy atom. The van der Waals surface area contributed by atoms with Gasteiger partial charge in [0.25, 0.3) is 0 Å². The Labute approximate surface area is 168 Å². The summed E-state index contributed by atoms with van der Waals surface area (Å²) < 4.78 is 18.3. The second-order valence-electron chi connectivity index (χ2n) is 7.14. The van der Waals surface area contributed by atoms with Crippen molar-refractivity contribution in [3.8, 4) is 17.1 Å². The molecule has 1 amide bonds. The van der Waals surface area contributed by atoms with E-state index < -0.39 is 0 Å². The van der Waals surface area contributed by atoms with Gasteiger partial charge >= 0.3 is 0 Å². The van der Waals surface area contributed by atoms with Gasteiger partial charge in [-0.05, 0) is 61.2 Å². The van der Waals surface area contributed by atoms with Crippen molar-refractivity contribution in [2.24, 2.45) is 0 Å². The van der Waals surface area contributed by atoms with E-state index in [1.54, 1.807) is 19.2 Å². The lowest BCUT2D eigenvalue weighted by Crippen LogP contribution is -2.31. The van der Waals surface area contributed by atoms with Crippen molar-refractivity contribution in [1.29, 1.82) is 0 Å². The standard InChI is InChI=1S/C22H23FN4O2/c1-29-18-11-4-15(5-12-18)6-13-20(28)27-14-2-3-19(27)22-24-21(25-26-22)16-7-9-17(23)10-8-16/h4-5,7-12,19H,2-3,6,13-14H2,1H3,(H,24,25,26)/t19-/m0/s1. The summed E-state index contributed by atoms with van der Waals surface area (Å²) in [7, 11) is 1.64. The topological polar surface area (TPSA) is 71.1 Å². The van der Waals surface area contributed by atoms with Crippen molar-refractivity contribution in [3.63, 3.8) is 0 Å². The number of aromatic amines is 1. The molecular weight excluding hydrogens is 371 g/mol. The number of amides is 1. The molecule has 150 valence electrons. The number of nitrogens with one attached hydrogen (secondary N) is 1. The summed E-state index contributed by atoms with van der Waals surface area (Å²) in [4.78, 5) is 19.3. The quantitative estimate of drug-likeness (QED) is 0.688. The Balaban J connectivity index is 1.41. The van der Waals surface area contributed by atoms with E-state index in [0.717, 1.165) is 36.3 Å². The van der Waals surface area contributed by atoms with E-state index >= 15 is 0 Å². The molecule has 29 heavy (non-hydrogen) atoms. The number of ether oxygens (including phenoxy) is 1. The molecule has 0 bridgehead atoms. The lowest BCUT2D eigenvalue weighted by atomic mass is 10.1. The van der Waals surface area contributed by atoms with Crippen LogP contribution in [-0.4, -0.2) is 39.6 Å².